The Hall–Kier alpha value is -3.21. The van der Waals surface area contributed by atoms with Gasteiger partial charge in [-0.1, -0.05) is 206 Å². The van der Waals surface area contributed by atoms with Crippen LogP contribution < -0.4 is 16.0 Å². The third-order valence-electron chi connectivity index (χ3n) is 24.8. The van der Waals surface area contributed by atoms with E-state index in [9.17, 15) is 117 Å². The molecule has 7 aliphatic rings. The van der Waals surface area contributed by atoms with Crippen molar-refractivity contribution in [3.8, 4) is 0 Å². The van der Waals surface area contributed by atoms with Gasteiger partial charge in [0.2, 0.25) is 17.7 Å². The van der Waals surface area contributed by atoms with Gasteiger partial charge < -0.3 is 184 Å². The highest BCUT2D eigenvalue weighted by atomic mass is 16.8. The van der Waals surface area contributed by atoms with Crippen molar-refractivity contribution in [2.24, 2.45) is 0 Å². The summed E-state index contributed by atoms with van der Waals surface area (Å²) < 4.78 is 83.2. The summed E-state index contributed by atoms with van der Waals surface area (Å²) >= 11 is 0. The van der Waals surface area contributed by atoms with Crippen LogP contribution in [0.5, 0.6) is 0 Å². The molecule has 7 saturated heterocycles. The van der Waals surface area contributed by atoms with Crippen LogP contribution in [0, 0.1) is 0 Å². The highest BCUT2D eigenvalue weighted by molar-refractivity contribution is 5.76. The summed E-state index contributed by atoms with van der Waals surface area (Å²) in [6, 6.07) is -4.81. The van der Waals surface area contributed by atoms with Crippen molar-refractivity contribution in [3.63, 3.8) is 0 Å². The number of aliphatic hydroxyl groups excluding tert-OH is 20. The molecule has 7 fully saturated rings. The molecule has 7 rings (SSSR count). The Kier molecular flexibility index (Phi) is 50.7. The maximum Gasteiger partial charge on any atom is 0.220 e. The first kappa shape index (κ1) is 110. The van der Waals surface area contributed by atoms with Gasteiger partial charge in [-0.3, -0.25) is 14.4 Å². The minimum Gasteiger partial charge on any atom is -0.394 e. The summed E-state index contributed by atoms with van der Waals surface area (Å²) in [7, 11) is 0. The van der Waals surface area contributed by atoms with E-state index < -0.39 is 285 Å². The lowest BCUT2D eigenvalue weighted by molar-refractivity contribution is -0.392. The van der Waals surface area contributed by atoms with Gasteiger partial charge in [-0.25, -0.2) is 0 Å². The number of allylic oxidation sites excluding steroid dienone is 1. The van der Waals surface area contributed by atoms with Gasteiger partial charge in [0, 0.05) is 20.3 Å². The Bertz CT molecular complexity index is 2990. The van der Waals surface area contributed by atoms with E-state index in [-0.39, 0.29) is 12.3 Å². The lowest BCUT2D eigenvalue weighted by atomic mass is 9.93. The molecule has 3 amide bonds. The summed E-state index contributed by atoms with van der Waals surface area (Å²) in [4.78, 5) is 39.6. The molecule has 40 heteroatoms. The predicted molar refractivity (Wildman–Crippen MR) is 443 cm³/mol. The molecule has 0 saturated carbocycles. The van der Waals surface area contributed by atoms with E-state index in [0.29, 0.717) is 12.8 Å². The fourth-order valence-electron chi connectivity index (χ4n) is 17.2. The molecular weight excluding hydrogens is 1670 g/mol. The van der Waals surface area contributed by atoms with E-state index in [4.69, 9.17) is 66.3 Å². The Balaban J connectivity index is 0.974. The van der Waals surface area contributed by atoms with Crippen LogP contribution in [-0.4, -0.2) is 393 Å². The molecule has 0 aromatic heterocycles. The number of hydrogen-bond donors (Lipinski definition) is 23. The second-order valence-corrected chi connectivity index (χ2v) is 34.9. The Morgan fingerprint density at radius 3 is 1.05 bits per heavy atom. The SMILES string of the molecule is CCCCCCCCCCCCC/C=C/[C@@H](O)[C@H](CO[C@@H]1OC(CO)[C@@H](O[C@@H]2OC(CO)[C@H](O)[C@H](O[C@@H]3OC(CO)[C@@H](O[C@@H]4OC(CO)[C@H](O)[C@H](O[C@@H]5OC(CO)[C@@H](O[C@@H]6OC(CO)[C@H](O)[C@H](O)C6O[C@H]6OC(C)[C@@H](O)C(O)[C@@H]6O)[C@H](O)C5NC(C)=O)C4O)[C@H](O)C3NC(C)=O)C2O)[C@H](O)C1O)NC(=O)CCCCCCCCCCCCCCCCCCCCC. The van der Waals surface area contributed by atoms with Crippen LogP contribution in [-0.2, 0) is 80.7 Å². The Morgan fingerprint density at radius 2 is 0.643 bits per heavy atom. The molecule has 7 aliphatic heterocycles. The molecule has 40 nitrogen and oxygen atoms in total. The fourth-order valence-corrected chi connectivity index (χ4v) is 17.2. The van der Waals surface area contributed by atoms with Gasteiger partial charge in [0.05, 0.1) is 64.5 Å². The second kappa shape index (κ2) is 58.2. The maximum absolute atomic E-state index is 13.6. The van der Waals surface area contributed by atoms with Crippen LogP contribution >= 0.6 is 0 Å². The number of unbranched alkanes of at least 4 members (excludes halogenated alkanes) is 29. The average molecular weight is 1820 g/mol. The zero-order chi connectivity index (χ0) is 92.1. The molecule has 0 bridgehead atoms. The third kappa shape index (κ3) is 32.8. The molecule has 37 atom stereocenters. The average Bonchev–Trinajstić information content (AvgIpc) is 0.768. The molecule has 0 spiro atoms. The quantitative estimate of drug-likeness (QED) is 0.0231. The number of aliphatic hydroxyl groups is 20. The lowest BCUT2D eigenvalue weighted by Gasteiger charge is -2.51. The van der Waals surface area contributed by atoms with Gasteiger partial charge in [-0.2, -0.15) is 0 Å². The number of carbonyl (C=O) groups excluding carboxylic acids is 3. The van der Waals surface area contributed by atoms with Gasteiger partial charge in [-0.05, 0) is 26.2 Å². The van der Waals surface area contributed by atoms with Crippen LogP contribution in [0.15, 0.2) is 12.2 Å². The van der Waals surface area contributed by atoms with Crippen LogP contribution in [0.4, 0.5) is 0 Å². The first-order chi connectivity index (χ1) is 60.5. The molecule has 0 radical (unpaired) electrons. The zero-order valence-electron chi connectivity index (χ0n) is 74.0. The molecule has 23 N–H and O–H groups in total. The van der Waals surface area contributed by atoms with E-state index in [1.807, 2.05) is 6.08 Å². The topological polar surface area (TPSA) is 621 Å². The first-order valence-electron chi connectivity index (χ1n) is 46.3. The lowest BCUT2D eigenvalue weighted by Crippen LogP contribution is -2.71. The fraction of sp³-hybridized carbons (Fsp3) is 0.942. The van der Waals surface area contributed by atoms with Crippen molar-refractivity contribution in [1.29, 1.82) is 0 Å². The Morgan fingerprint density at radius 1 is 0.325 bits per heavy atom. The van der Waals surface area contributed by atoms with Crippen molar-refractivity contribution in [1.82, 2.24) is 16.0 Å². The van der Waals surface area contributed by atoms with Gasteiger partial charge >= 0.3 is 0 Å². The number of amides is 3. The molecule has 7 heterocycles. The minimum atomic E-state index is -2.30. The summed E-state index contributed by atoms with van der Waals surface area (Å²) in [5, 5.41) is 233. The van der Waals surface area contributed by atoms with E-state index in [1.54, 1.807) is 6.08 Å². The van der Waals surface area contributed by atoms with Crippen molar-refractivity contribution in [2.75, 3.05) is 46.2 Å². The third-order valence-corrected chi connectivity index (χ3v) is 24.8. The first-order valence-corrected chi connectivity index (χ1v) is 46.3. The van der Waals surface area contributed by atoms with Gasteiger partial charge in [-0.15, -0.1) is 0 Å². The highest BCUT2D eigenvalue weighted by Crippen LogP contribution is 2.39. The van der Waals surface area contributed by atoms with E-state index >= 15 is 0 Å². The number of ether oxygens (including phenoxy) is 14. The molecule has 0 aromatic rings. The normalized spacial score (nSPS) is 38.1. The summed E-state index contributed by atoms with van der Waals surface area (Å²) in [5.74, 6) is -2.12. The predicted octanol–water partition coefficient (Wildman–Crippen LogP) is -2.01. The molecule has 14 unspecified atom stereocenters. The number of nitrogens with one attached hydrogen (secondary N) is 3. The zero-order valence-corrected chi connectivity index (χ0v) is 74.0. The van der Waals surface area contributed by atoms with Gasteiger partial charge in [0.15, 0.2) is 44.0 Å². The van der Waals surface area contributed by atoms with Crippen molar-refractivity contribution < 1.29 is 183 Å². The van der Waals surface area contributed by atoms with Crippen molar-refractivity contribution >= 4 is 17.7 Å². The number of carbonyl (C=O) groups is 3. The summed E-state index contributed by atoms with van der Waals surface area (Å²) in [6.45, 7) is 1.09. The van der Waals surface area contributed by atoms with Gasteiger partial charge in [0.25, 0.3) is 0 Å². The molecule has 736 valence electrons. The maximum atomic E-state index is 13.6. The monoisotopic (exact) mass is 1820 g/mol. The molecular formula is C86H155N3O37. The second-order valence-electron chi connectivity index (χ2n) is 34.9. The van der Waals surface area contributed by atoms with Crippen LogP contribution in [0.1, 0.15) is 240 Å². The van der Waals surface area contributed by atoms with Crippen molar-refractivity contribution in [3.05, 3.63) is 12.2 Å². The summed E-state index contributed by atoms with van der Waals surface area (Å²) in [5.41, 5.74) is 0. The van der Waals surface area contributed by atoms with Gasteiger partial charge in [0.1, 0.15) is 165 Å². The summed E-state index contributed by atoms with van der Waals surface area (Å²) in [6.07, 6.45) is -25.1. The van der Waals surface area contributed by atoms with Crippen LogP contribution in [0.25, 0.3) is 0 Å². The largest absolute Gasteiger partial charge is 0.394 e. The molecule has 0 aromatic carbocycles. The van der Waals surface area contributed by atoms with Crippen molar-refractivity contribution in [2.45, 2.75) is 467 Å². The van der Waals surface area contributed by atoms with E-state index in [2.05, 4.69) is 29.8 Å². The standard InChI is InChI=1S/C86H155N3O37/c1-6-8-10-12-14-16-18-20-21-22-23-24-25-27-29-31-33-35-37-39-58(99)89-50(51(98)38-36-34-32-30-28-26-19-17-15-13-11-9-7-2)46-113-82-71(110)69(108)76(57(45-95)120-82)122-85-73(112)78(64(103)54(42-92)116-85)125-80-59(87-48(4)96)65(104)74(55(43-93)118-80)121-84-72(111)77(63(102)53(41-91)115-84)124-81-60(88-49(5)97)66(105)75(56(44-94)119-81)123-86-79(68(107)62(101)52(40-90)117-86)126-83-70(109)67(106)61(100)47(3)114-83/h36,38,47,50-57,59-86,90-95,98,100-112H,6-35,37,39-46H2,1-5H3,(H,87,96)(H,88,97)(H,89,99)/b38-36+/t47?,50-,51+,52?,53?,54?,55?,56?,57?,59?,60?,61+,62-,63-,64-,65+,66+,67?,68-,69+,70-,71?,72?,73?,74+,75+,76+,77-,78-,79?,80-,81-,82+,83+,84-,85-,86-/m0/s1. The minimum absolute atomic E-state index is 0.167. The number of rotatable bonds is 58. The number of hydrogen-bond acceptors (Lipinski definition) is 37. The molecule has 126 heavy (non-hydrogen) atoms. The van der Waals surface area contributed by atoms with E-state index in [0.717, 1.165) is 65.2 Å². The smallest absolute Gasteiger partial charge is 0.220 e. The highest BCUT2D eigenvalue weighted by Gasteiger charge is 2.60. The Labute approximate surface area is 739 Å². The van der Waals surface area contributed by atoms with E-state index in [1.165, 1.54) is 142 Å². The van der Waals surface area contributed by atoms with Crippen LogP contribution in [0.2, 0.25) is 0 Å². The van der Waals surface area contributed by atoms with Crippen LogP contribution in [0.3, 0.4) is 0 Å². The molecule has 0 aliphatic carbocycles.